The molecule has 0 spiro atoms. The maximum absolute atomic E-state index is 14.2. The molecule has 1 fully saturated rings. The van der Waals surface area contributed by atoms with Gasteiger partial charge in [-0.3, -0.25) is 4.98 Å². The van der Waals surface area contributed by atoms with Gasteiger partial charge in [0.2, 0.25) is 0 Å². The van der Waals surface area contributed by atoms with Crippen LogP contribution in [0.5, 0.6) is 0 Å². The van der Waals surface area contributed by atoms with E-state index < -0.39 is 48.0 Å². The van der Waals surface area contributed by atoms with Crippen molar-refractivity contribution in [2.75, 3.05) is 24.5 Å². The fraction of sp³-hybridized carbons (Fsp3) is 0.333. The Labute approximate surface area is 223 Å². The number of fused-ring (bicyclic) bond motifs is 1. The van der Waals surface area contributed by atoms with Gasteiger partial charge in [0.15, 0.2) is 11.6 Å². The van der Waals surface area contributed by atoms with E-state index in [-0.39, 0.29) is 48.5 Å². The minimum absolute atomic E-state index is 0.0333. The third kappa shape index (κ3) is 5.75. The van der Waals surface area contributed by atoms with E-state index in [1.165, 1.54) is 6.20 Å². The molecule has 6 nitrogen and oxygen atoms in total. The van der Waals surface area contributed by atoms with Gasteiger partial charge in [-0.2, -0.15) is 13.2 Å². The molecule has 1 aliphatic rings. The lowest BCUT2D eigenvalue weighted by molar-refractivity contribution is -0.134. The highest BCUT2D eigenvalue weighted by Crippen LogP contribution is 2.42. The average Bonchev–Trinajstić information content (AvgIpc) is 3.25. The van der Waals surface area contributed by atoms with Crippen LogP contribution in [-0.2, 0) is 0 Å². The van der Waals surface area contributed by atoms with Gasteiger partial charge >= 0.3 is 6.18 Å². The molecule has 4 aromatic rings. The molecule has 0 unspecified atom stereocenters. The highest BCUT2D eigenvalue weighted by molar-refractivity contribution is 5.92. The van der Waals surface area contributed by atoms with E-state index >= 15 is 0 Å². The Bertz CT molecular complexity index is 1500. The monoisotopic (exact) mass is 567 g/mol. The summed E-state index contributed by atoms with van der Waals surface area (Å²) in [7, 11) is 0. The van der Waals surface area contributed by atoms with Crippen molar-refractivity contribution in [3.8, 4) is 22.5 Å². The average molecular weight is 568 g/mol. The number of benzene rings is 2. The van der Waals surface area contributed by atoms with Gasteiger partial charge in [0, 0.05) is 55.6 Å². The van der Waals surface area contributed by atoms with Crippen LogP contribution in [0.15, 0.2) is 36.5 Å². The molecule has 0 saturated carbocycles. The predicted molar refractivity (Wildman–Crippen MR) is 135 cm³/mol. The maximum atomic E-state index is 14.2. The minimum Gasteiger partial charge on any atom is -0.390 e. The number of nitrogens with one attached hydrogen (secondary N) is 2. The Morgan fingerprint density at radius 3 is 2.42 bits per heavy atom. The molecule has 2 atom stereocenters. The molecule has 1 saturated heterocycles. The predicted octanol–water partition coefficient (Wildman–Crippen LogP) is 5.64. The first-order valence-corrected chi connectivity index (χ1v) is 12.4. The third-order valence-corrected chi connectivity index (χ3v) is 6.89. The Morgan fingerprint density at radius 2 is 1.75 bits per heavy atom. The summed E-state index contributed by atoms with van der Waals surface area (Å²) in [6, 6.07) is 4.23. The molecule has 2 aromatic carbocycles. The number of nitrogens with zero attached hydrogens (tertiary/aromatic N) is 3. The highest BCUT2D eigenvalue weighted by atomic mass is 19.4. The van der Waals surface area contributed by atoms with Crippen molar-refractivity contribution >= 4 is 16.7 Å². The number of rotatable bonds is 6. The number of piperidine rings is 1. The van der Waals surface area contributed by atoms with Gasteiger partial charge in [-0.1, -0.05) is 0 Å². The number of aromatic nitrogens is 3. The molecule has 212 valence electrons. The molecule has 3 N–H and O–H groups in total. The molecule has 1 aliphatic heterocycles. The highest BCUT2D eigenvalue weighted by Gasteiger charge is 2.33. The number of aromatic amines is 1. The Balaban J connectivity index is 1.59. The Morgan fingerprint density at radius 1 is 1.05 bits per heavy atom. The maximum Gasteiger partial charge on any atom is 0.390 e. The molecule has 40 heavy (non-hydrogen) atoms. The molecule has 0 radical (unpaired) electrons. The molecule has 3 heterocycles. The van der Waals surface area contributed by atoms with E-state index in [1.807, 2.05) is 0 Å². The SMILES string of the molecule is Cc1ncc(-c2cc(F)cc(F)c2)c(N2CC[C@@H](NCCC(F)(F)F)[C@@H](O)C2)c1-c1nc2cc(F)c(F)cc2[nH]1. The van der Waals surface area contributed by atoms with Crippen molar-refractivity contribution in [1.29, 1.82) is 0 Å². The summed E-state index contributed by atoms with van der Waals surface area (Å²) < 4.78 is 94.0. The lowest BCUT2D eigenvalue weighted by Gasteiger charge is -2.39. The van der Waals surface area contributed by atoms with Crippen molar-refractivity contribution in [3.05, 3.63) is 65.5 Å². The number of aryl methyl sites for hydroxylation is 1. The standard InChI is InChI=1S/C27H24F7N5O/c1-13-24(26-37-21-9-18(30)19(31)10-22(21)38-26)25(17(11-36-13)14-6-15(28)8-16(29)7-14)39-5-2-20(23(40)12-39)35-4-3-27(32,33)34/h6-11,20,23,35,40H,2-5,12H2,1H3,(H,37,38)/t20-,23+/m1/s1. The summed E-state index contributed by atoms with van der Waals surface area (Å²) in [6.45, 7) is 1.52. The van der Waals surface area contributed by atoms with Crippen LogP contribution >= 0.6 is 0 Å². The fourth-order valence-electron chi connectivity index (χ4n) is 5.02. The van der Waals surface area contributed by atoms with Crippen molar-refractivity contribution in [1.82, 2.24) is 20.3 Å². The second kappa shape index (κ2) is 10.7. The van der Waals surface area contributed by atoms with Gasteiger partial charge in [-0.25, -0.2) is 22.5 Å². The number of alkyl halides is 3. The van der Waals surface area contributed by atoms with E-state index in [1.54, 1.807) is 11.8 Å². The molecular weight excluding hydrogens is 543 g/mol. The van der Waals surface area contributed by atoms with Gasteiger partial charge in [0.25, 0.3) is 0 Å². The number of aliphatic hydroxyl groups excluding tert-OH is 1. The van der Waals surface area contributed by atoms with Crippen LogP contribution < -0.4 is 10.2 Å². The van der Waals surface area contributed by atoms with Gasteiger partial charge in [-0.15, -0.1) is 0 Å². The van der Waals surface area contributed by atoms with Crippen LogP contribution in [0.3, 0.4) is 0 Å². The first-order chi connectivity index (χ1) is 18.9. The van der Waals surface area contributed by atoms with Crippen LogP contribution in [0.4, 0.5) is 36.4 Å². The molecule has 13 heteroatoms. The summed E-state index contributed by atoms with van der Waals surface area (Å²) >= 11 is 0. The molecule has 0 bridgehead atoms. The van der Waals surface area contributed by atoms with Crippen LogP contribution in [-0.4, -0.2) is 58.0 Å². The number of imidazole rings is 1. The normalized spacial score (nSPS) is 18.1. The zero-order valence-corrected chi connectivity index (χ0v) is 21.1. The molecule has 0 aliphatic carbocycles. The van der Waals surface area contributed by atoms with Crippen LogP contribution in [0.1, 0.15) is 18.5 Å². The van der Waals surface area contributed by atoms with E-state index in [9.17, 15) is 35.8 Å². The van der Waals surface area contributed by atoms with Crippen molar-refractivity contribution in [2.24, 2.45) is 0 Å². The molecule has 2 aromatic heterocycles. The lowest BCUT2D eigenvalue weighted by atomic mass is 9.95. The number of anilines is 1. The first-order valence-electron chi connectivity index (χ1n) is 12.4. The summed E-state index contributed by atoms with van der Waals surface area (Å²) in [5, 5.41) is 13.6. The second-order valence-electron chi connectivity index (χ2n) is 9.74. The van der Waals surface area contributed by atoms with E-state index in [2.05, 4.69) is 20.3 Å². The quantitative estimate of drug-likeness (QED) is 0.263. The third-order valence-electron chi connectivity index (χ3n) is 6.89. The van der Waals surface area contributed by atoms with Gasteiger partial charge in [-0.05, 0) is 31.0 Å². The Kier molecular flexibility index (Phi) is 7.44. The summed E-state index contributed by atoms with van der Waals surface area (Å²) in [4.78, 5) is 13.5. The topological polar surface area (TPSA) is 77.1 Å². The molecule has 0 amide bonds. The van der Waals surface area contributed by atoms with E-state index in [0.717, 1.165) is 30.3 Å². The number of halogens is 7. The molecular formula is C27H24F7N5O. The van der Waals surface area contributed by atoms with Crippen molar-refractivity contribution in [2.45, 2.75) is 38.1 Å². The van der Waals surface area contributed by atoms with Gasteiger partial charge < -0.3 is 20.3 Å². The van der Waals surface area contributed by atoms with E-state index in [0.29, 0.717) is 22.5 Å². The number of pyridine rings is 1. The number of hydrogen-bond acceptors (Lipinski definition) is 5. The van der Waals surface area contributed by atoms with Crippen LogP contribution in [0.2, 0.25) is 0 Å². The second-order valence-corrected chi connectivity index (χ2v) is 9.74. The molecule has 5 rings (SSSR count). The minimum atomic E-state index is -4.34. The van der Waals surface area contributed by atoms with Crippen LogP contribution in [0.25, 0.3) is 33.5 Å². The summed E-state index contributed by atoms with van der Waals surface area (Å²) in [5.41, 5.74) is 1.97. The number of aliphatic hydroxyl groups is 1. The Hall–Kier alpha value is -3.71. The number of H-pyrrole nitrogens is 1. The van der Waals surface area contributed by atoms with Crippen molar-refractivity contribution in [3.63, 3.8) is 0 Å². The lowest BCUT2D eigenvalue weighted by Crippen LogP contribution is -2.53. The summed E-state index contributed by atoms with van der Waals surface area (Å²) in [6.07, 6.45) is -4.79. The van der Waals surface area contributed by atoms with Gasteiger partial charge in [0.1, 0.15) is 17.5 Å². The smallest absolute Gasteiger partial charge is 0.390 e. The fourth-order valence-corrected chi connectivity index (χ4v) is 5.02. The van der Waals surface area contributed by atoms with Gasteiger partial charge in [0.05, 0.1) is 40.5 Å². The largest absolute Gasteiger partial charge is 0.390 e. The van der Waals surface area contributed by atoms with Crippen molar-refractivity contribution < 1.29 is 35.8 Å². The number of hydrogen-bond donors (Lipinski definition) is 3. The van der Waals surface area contributed by atoms with E-state index in [4.69, 9.17) is 0 Å². The first kappa shape index (κ1) is 27.8. The zero-order valence-electron chi connectivity index (χ0n) is 21.1. The number of β-amino-alcohol motifs (C(OH)–C–C–N with tert-alkyl or cyclic N) is 1. The zero-order chi connectivity index (χ0) is 28.8. The summed E-state index contributed by atoms with van der Waals surface area (Å²) in [5.74, 6) is -3.65. The van der Waals surface area contributed by atoms with Crippen LogP contribution in [0, 0.1) is 30.2 Å².